The van der Waals surface area contributed by atoms with Gasteiger partial charge in [0.05, 0.1) is 12.0 Å². The molecule has 0 saturated heterocycles. The molecule has 2 rings (SSSR count). The van der Waals surface area contributed by atoms with Crippen LogP contribution in [0.25, 0.3) is 0 Å². The van der Waals surface area contributed by atoms with Crippen molar-refractivity contribution in [3.8, 4) is 5.75 Å². The number of phenolic OH excluding ortho intramolecular Hbond substituents is 1. The lowest BCUT2D eigenvalue weighted by atomic mass is 9.95. The fraction of sp³-hybridized carbons (Fsp3) is 0.417. The molecule has 1 aromatic rings. The highest BCUT2D eigenvalue weighted by Crippen LogP contribution is 2.51. The minimum Gasteiger partial charge on any atom is -0.508 e. The Bertz CT molecular complexity index is 380. The number of aromatic hydroxyl groups is 1. The summed E-state index contributed by atoms with van der Waals surface area (Å²) in [5.41, 5.74) is 0.130. The number of carbonyl (C=O) groups excluding carboxylic acids is 1. The number of carbonyl (C=O) groups is 1. The van der Waals surface area contributed by atoms with Crippen LogP contribution < -0.4 is 0 Å². The number of ether oxygens (including phenoxy) is 1. The molecule has 3 nitrogen and oxygen atoms in total. The Morgan fingerprint density at radius 3 is 2.67 bits per heavy atom. The molecule has 0 aliphatic heterocycles. The zero-order valence-electron chi connectivity index (χ0n) is 8.69. The van der Waals surface area contributed by atoms with Gasteiger partial charge in [-0.1, -0.05) is 18.2 Å². The van der Waals surface area contributed by atoms with Gasteiger partial charge < -0.3 is 9.84 Å². The molecule has 0 amide bonds. The quantitative estimate of drug-likeness (QED) is 0.769. The standard InChI is InChI=1S/C12H14O3/c1-2-15-11(14)12(7-8-12)9-5-3-4-6-10(9)13/h3-6,13H,2,7-8H2,1H3. The highest BCUT2D eigenvalue weighted by molar-refractivity contribution is 5.87. The Labute approximate surface area is 88.7 Å². The fourth-order valence-corrected chi connectivity index (χ4v) is 1.86. The van der Waals surface area contributed by atoms with E-state index in [1.807, 2.05) is 6.07 Å². The van der Waals surface area contributed by atoms with E-state index < -0.39 is 5.41 Å². The zero-order valence-corrected chi connectivity index (χ0v) is 8.69. The van der Waals surface area contributed by atoms with Gasteiger partial charge in [-0.3, -0.25) is 4.79 Å². The van der Waals surface area contributed by atoms with Crippen LogP contribution in [0.3, 0.4) is 0 Å². The third kappa shape index (κ3) is 1.58. The Morgan fingerprint density at radius 1 is 1.47 bits per heavy atom. The molecule has 3 heteroatoms. The summed E-state index contributed by atoms with van der Waals surface area (Å²) < 4.78 is 5.03. The summed E-state index contributed by atoms with van der Waals surface area (Å²) in [4.78, 5) is 11.7. The van der Waals surface area contributed by atoms with Crippen molar-refractivity contribution in [1.82, 2.24) is 0 Å². The largest absolute Gasteiger partial charge is 0.508 e. The highest BCUT2D eigenvalue weighted by atomic mass is 16.5. The number of rotatable bonds is 3. The maximum atomic E-state index is 11.7. The van der Waals surface area contributed by atoms with Crippen molar-refractivity contribution in [2.45, 2.75) is 25.2 Å². The van der Waals surface area contributed by atoms with Crippen molar-refractivity contribution in [2.75, 3.05) is 6.61 Å². The summed E-state index contributed by atoms with van der Waals surface area (Å²) in [6, 6.07) is 6.97. The first kappa shape index (κ1) is 10.0. The van der Waals surface area contributed by atoms with E-state index in [-0.39, 0.29) is 11.7 Å². The second-order valence-corrected chi connectivity index (χ2v) is 3.82. The maximum Gasteiger partial charge on any atom is 0.316 e. The van der Waals surface area contributed by atoms with E-state index in [0.717, 1.165) is 12.8 Å². The molecule has 0 bridgehead atoms. The topological polar surface area (TPSA) is 46.5 Å². The zero-order chi connectivity index (χ0) is 10.9. The number of esters is 1. The monoisotopic (exact) mass is 206 g/mol. The van der Waals surface area contributed by atoms with Gasteiger partial charge in [0.15, 0.2) is 0 Å². The first-order chi connectivity index (χ1) is 7.20. The van der Waals surface area contributed by atoms with Crippen LogP contribution in [0.4, 0.5) is 0 Å². The summed E-state index contributed by atoms with van der Waals surface area (Å²) in [5.74, 6) is -0.0328. The fourth-order valence-electron chi connectivity index (χ4n) is 1.86. The number of hydrogen-bond acceptors (Lipinski definition) is 3. The van der Waals surface area contributed by atoms with Gasteiger partial charge in [-0.15, -0.1) is 0 Å². The van der Waals surface area contributed by atoms with Crippen LogP contribution in [0.5, 0.6) is 5.75 Å². The molecule has 1 saturated carbocycles. The van der Waals surface area contributed by atoms with Crippen LogP contribution in [-0.4, -0.2) is 17.7 Å². The van der Waals surface area contributed by atoms with E-state index in [1.165, 1.54) is 0 Å². The van der Waals surface area contributed by atoms with Crippen LogP contribution in [0.15, 0.2) is 24.3 Å². The van der Waals surface area contributed by atoms with E-state index in [4.69, 9.17) is 4.74 Å². The molecule has 0 atom stereocenters. The van der Waals surface area contributed by atoms with Gasteiger partial charge >= 0.3 is 5.97 Å². The van der Waals surface area contributed by atoms with E-state index in [9.17, 15) is 9.90 Å². The van der Waals surface area contributed by atoms with Crippen molar-refractivity contribution in [3.63, 3.8) is 0 Å². The normalized spacial score (nSPS) is 17.1. The minimum absolute atomic E-state index is 0.183. The molecule has 1 aromatic carbocycles. The lowest BCUT2D eigenvalue weighted by Gasteiger charge is -2.15. The predicted octanol–water partition coefficient (Wildman–Crippen LogP) is 1.99. The van der Waals surface area contributed by atoms with Crippen LogP contribution in [0.1, 0.15) is 25.3 Å². The Kier molecular flexibility index (Phi) is 2.39. The molecule has 1 aliphatic rings. The molecule has 0 spiro atoms. The van der Waals surface area contributed by atoms with Crippen LogP contribution >= 0.6 is 0 Å². The van der Waals surface area contributed by atoms with Gasteiger partial charge in [-0.05, 0) is 25.8 Å². The van der Waals surface area contributed by atoms with E-state index in [0.29, 0.717) is 12.2 Å². The molecular weight excluding hydrogens is 192 g/mol. The summed E-state index contributed by atoms with van der Waals surface area (Å²) in [6.07, 6.45) is 1.53. The number of hydrogen-bond donors (Lipinski definition) is 1. The Hall–Kier alpha value is -1.51. The smallest absolute Gasteiger partial charge is 0.316 e. The summed E-state index contributed by atoms with van der Waals surface area (Å²) >= 11 is 0. The van der Waals surface area contributed by atoms with Crippen molar-refractivity contribution in [1.29, 1.82) is 0 Å². The molecular formula is C12H14O3. The minimum atomic E-state index is -0.568. The predicted molar refractivity (Wildman–Crippen MR) is 55.7 cm³/mol. The highest BCUT2D eigenvalue weighted by Gasteiger charge is 2.54. The van der Waals surface area contributed by atoms with Gasteiger partial charge in [0.25, 0.3) is 0 Å². The SMILES string of the molecule is CCOC(=O)C1(c2ccccc2O)CC1. The lowest BCUT2D eigenvalue weighted by Crippen LogP contribution is -2.23. The molecule has 15 heavy (non-hydrogen) atoms. The van der Waals surface area contributed by atoms with Crippen LogP contribution in [-0.2, 0) is 14.9 Å². The van der Waals surface area contributed by atoms with Crippen molar-refractivity contribution in [2.24, 2.45) is 0 Å². The molecule has 1 N–H and O–H groups in total. The number of para-hydroxylation sites is 1. The van der Waals surface area contributed by atoms with Gasteiger partial charge in [0.2, 0.25) is 0 Å². The average molecular weight is 206 g/mol. The summed E-state index contributed by atoms with van der Waals surface area (Å²) in [6.45, 7) is 2.17. The maximum absolute atomic E-state index is 11.7. The number of phenols is 1. The second-order valence-electron chi connectivity index (χ2n) is 3.82. The summed E-state index contributed by atoms with van der Waals surface area (Å²) in [5, 5.41) is 9.70. The Morgan fingerprint density at radius 2 is 2.13 bits per heavy atom. The van der Waals surface area contributed by atoms with Crippen molar-refractivity contribution < 1.29 is 14.6 Å². The average Bonchev–Trinajstić information content (AvgIpc) is 3.00. The van der Waals surface area contributed by atoms with Crippen LogP contribution in [0.2, 0.25) is 0 Å². The first-order valence-electron chi connectivity index (χ1n) is 5.16. The lowest BCUT2D eigenvalue weighted by molar-refractivity contribution is -0.146. The van der Waals surface area contributed by atoms with E-state index in [1.54, 1.807) is 25.1 Å². The first-order valence-corrected chi connectivity index (χ1v) is 5.16. The van der Waals surface area contributed by atoms with Crippen molar-refractivity contribution in [3.05, 3.63) is 29.8 Å². The molecule has 0 heterocycles. The molecule has 0 unspecified atom stereocenters. The molecule has 1 fully saturated rings. The molecule has 1 aliphatic carbocycles. The van der Waals surface area contributed by atoms with Crippen LogP contribution in [0, 0.1) is 0 Å². The molecule has 0 aromatic heterocycles. The van der Waals surface area contributed by atoms with E-state index in [2.05, 4.69) is 0 Å². The van der Waals surface area contributed by atoms with Gasteiger partial charge in [0, 0.05) is 5.56 Å². The number of benzene rings is 1. The van der Waals surface area contributed by atoms with Gasteiger partial charge in [-0.25, -0.2) is 0 Å². The van der Waals surface area contributed by atoms with Crippen molar-refractivity contribution >= 4 is 5.97 Å². The third-order valence-corrected chi connectivity index (χ3v) is 2.84. The Balaban J connectivity index is 2.31. The summed E-state index contributed by atoms with van der Waals surface area (Å²) in [7, 11) is 0. The second kappa shape index (κ2) is 3.57. The van der Waals surface area contributed by atoms with E-state index >= 15 is 0 Å². The molecule has 0 radical (unpaired) electrons. The molecule has 80 valence electrons. The van der Waals surface area contributed by atoms with Gasteiger partial charge in [-0.2, -0.15) is 0 Å². The van der Waals surface area contributed by atoms with Gasteiger partial charge in [0.1, 0.15) is 5.75 Å². The third-order valence-electron chi connectivity index (χ3n) is 2.84.